The molecule has 2 aliphatic rings. The minimum atomic E-state index is -0.440. The number of nitrogens with zero attached hydrogens (tertiary/aromatic N) is 2. The molecule has 4 amide bonds. The van der Waals surface area contributed by atoms with Crippen LogP contribution < -0.4 is 5.32 Å². The maximum absolute atomic E-state index is 12.5. The van der Waals surface area contributed by atoms with Crippen LogP contribution >= 0.6 is 0 Å². The summed E-state index contributed by atoms with van der Waals surface area (Å²) in [6.07, 6.45) is 4.88. The lowest BCUT2D eigenvalue weighted by atomic mass is 9.85. The van der Waals surface area contributed by atoms with Gasteiger partial charge in [0.1, 0.15) is 6.54 Å². The van der Waals surface area contributed by atoms with Gasteiger partial charge < -0.3 is 10.2 Å². The first-order valence-electron chi connectivity index (χ1n) is 9.39. The molecule has 1 fully saturated rings. The van der Waals surface area contributed by atoms with E-state index in [1.807, 2.05) is 44.2 Å². The van der Waals surface area contributed by atoms with Gasteiger partial charge >= 0.3 is 0 Å². The molecule has 1 aliphatic carbocycles. The Bertz CT molecular complexity index is 835. The van der Waals surface area contributed by atoms with E-state index in [1.165, 1.54) is 11.9 Å². The molecule has 148 valence electrons. The Kier molecular flexibility index (Phi) is 5.63. The van der Waals surface area contributed by atoms with Crippen molar-refractivity contribution in [3.05, 3.63) is 41.5 Å². The lowest BCUT2D eigenvalue weighted by Crippen LogP contribution is -2.44. The number of likely N-dealkylation sites (tertiary alicyclic amines) is 1. The van der Waals surface area contributed by atoms with Gasteiger partial charge in [-0.15, -0.1) is 0 Å². The number of carbonyl (C=O) groups excluding carboxylic acids is 4. The summed E-state index contributed by atoms with van der Waals surface area (Å²) < 4.78 is 0. The number of nitrogens with one attached hydrogen (secondary N) is 1. The Labute approximate surface area is 164 Å². The number of anilines is 1. The topological polar surface area (TPSA) is 86.8 Å². The van der Waals surface area contributed by atoms with E-state index >= 15 is 0 Å². The number of fused-ring (bicyclic) bond motifs is 1. The van der Waals surface area contributed by atoms with E-state index in [9.17, 15) is 19.2 Å². The van der Waals surface area contributed by atoms with E-state index < -0.39 is 5.91 Å². The van der Waals surface area contributed by atoms with Gasteiger partial charge in [0.2, 0.25) is 23.6 Å². The molecule has 3 rings (SSSR count). The van der Waals surface area contributed by atoms with Crippen molar-refractivity contribution < 1.29 is 19.2 Å². The smallest absolute Gasteiger partial charge is 0.243 e. The highest BCUT2D eigenvalue weighted by Crippen LogP contribution is 2.34. The van der Waals surface area contributed by atoms with Gasteiger partial charge in [-0.25, -0.2) is 0 Å². The zero-order valence-corrected chi connectivity index (χ0v) is 16.4. The second-order valence-electron chi connectivity index (χ2n) is 7.53. The molecule has 7 heteroatoms. The van der Waals surface area contributed by atoms with Crippen LogP contribution in [0.25, 0.3) is 0 Å². The van der Waals surface area contributed by atoms with Crippen LogP contribution in [-0.2, 0) is 19.2 Å². The zero-order valence-electron chi connectivity index (χ0n) is 16.4. The molecule has 2 atom stereocenters. The number of rotatable bonds is 5. The van der Waals surface area contributed by atoms with Crippen LogP contribution in [0.4, 0.5) is 5.69 Å². The largest absolute Gasteiger partial charge is 0.335 e. The van der Waals surface area contributed by atoms with Crippen molar-refractivity contribution in [2.24, 2.45) is 11.8 Å². The number of carbonyl (C=O) groups is 4. The van der Waals surface area contributed by atoms with Crippen LogP contribution in [0.1, 0.15) is 24.0 Å². The second kappa shape index (κ2) is 7.96. The highest BCUT2D eigenvalue weighted by molar-refractivity contribution is 6.07. The fourth-order valence-corrected chi connectivity index (χ4v) is 3.64. The predicted octanol–water partition coefficient (Wildman–Crippen LogP) is 1.65. The molecule has 1 saturated heterocycles. The zero-order chi connectivity index (χ0) is 20.4. The Morgan fingerprint density at radius 3 is 2.32 bits per heavy atom. The molecular weight excluding hydrogens is 358 g/mol. The number of aryl methyl sites for hydroxylation is 2. The van der Waals surface area contributed by atoms with E-state index in [4.69, 9.17) is 0 Å². The average Bonchev–Trinajstić information content (AvgIpc) is 2.90. The summed E-state index contributed by atoms with van der Waals surface area (Å²) >= 11 is 0. The molecule has 7 nitrogen and oxygen atoms in total. The maximum atomic E-state index is 12.5. The van der Waals surface area contributed by atoms with Crippen LogP contribution in [0.3, 0.4) is 0 Å². The SMILES string of the molecule is Cc1ccc(C)c(NC(=O)CN(C)C(=O)CN2C(=O)[C@@H]3CC=CC[C@H]3C2=O)c1. The first kappa shape index (κ1) is 19.8. The molecule has 1 N–H and O–H groups in total. The molecule has 1 aromatic carbocycles. The van der Waals surface area contributed by atoms with Crippen LogP contribution in [0.5, 0.6) is 0 Å². The number of amides is 4. The minimum Gasteiger partial charge on any atom is -0.335 e. The van der Waals surface area contributed by atoms with Gasteiger partial charge in [0.05, 0.1) is 18.4 Å². The number of likely N-dealkylation sites (N-methyl/N-ethyl adjacent to an activating group) is 1. The number of benzene rings is 1. The summed E-state index contributed by atoms with van der Waals surface area (Å²) in [4.78, 5) is 52.0. The highest BCUT2D eigenvalue weighted by atomic mass is 16.2. The molecule has 0 aromatic heterocycles. The van der Waals surface area contributed by atoms with Crippen molar-refractivity contribution in [2.45, 2.75) is 26.7 Å². The van der Waals surface area contributed by atoms with Gasteiger partial charge in [0.15, 0.2) is 0 Å². The van der Waals surface area contributed by atoms with Crippen LogP contribution in [0.2, 0.25) is 0 Å². The summed E-state index contributed by atoms with van der Waals surface area (Å²) in [6, 6.07) is 5.74. The van der Waals surface area contributed by atoms with Crippen molar-refractivity contribution in [3.63, 3.8) is 0 Å². The second-order valence-corrected chi connectivity index (χ2v) is 7.53. The lowest BCUT2D eigenvalue weighted by molar-refractivity contribution is -0.146. The van der Waals surface area contributed by atoms with Crippen molar-refractivity contribution in [2.75, 3.05) is 25.5 Å². The number of imide groups is 1. The van der Waals surface area contributed by atoms with Crippen LogP contribution in [0.15, 0.2) is 30.4 Å². The van der Waals surface area contributed by atoms with Gasteiger partial charge in [-0.2, -0.15) is 0 Å². The van der Waals surface area contributed by atoms with Gasteiger partial charge in [-0.1, -0.05) is 24.3 Å². The summed E-state index contributed by atoms with van der Waals surface area (Å²) in [7, 11) is 1.49. The molecule has 1 aliphatic heterocycles. The van der Waals surface area contributed by atoms with E-state index in [1.54, 1.807) is 0 Å². The standard InChI is InChI=1S/C21H25N3O4/c1-13-8-9-14(2)17(10-13)22-18(25)11-23(3)19(26)12-24-20(27)15-6-4-5-7-16(15)21(24)28/h4-5,8-10,15-16H,6-7,11-12H2,1-3H3,(H,22,25)/t15-,16-/m1/s1. The van der Waals surface area contributed by atoms with Gasteiger partial charge in [0, 0.05) is 12.7 Å². The molecule has 0 bridgehead atoms. The molecule has 0 radical (unpaired) electrons. The third kappa shape index (κ3) is 3.98. The summed E-state index contributed by atoms with van der Waals surface area (Å²) in [6.45, 7) is 3.35. The third-order valence-electron chi connectivity index (χ3n) is 5.37. The number of hydrogen-bond acceptors (Lipinski definition) is 4. The van der Waals surface area contributed by atoms with Crippen LogP contribution in [0, 0.1) is 25.7 Å². The van der Waals surface area contributed by atoms with Crippen molar-refractivity contribution in [3.8, 4) is 0 Å². The molecule has 0 saturated carbocycles. The quantitative estimate of drug-likeness (QED) is 0.619. The van der Waals surface area contributed by atoms with E-state index in [-0.39, 0.29) is 42.6 Å². The van der Waals surface area contributed by atoms with Gasteiger partial charge in [-0.05, 0) is 43.9 Å². The van der Waals surface area contributed by atoms with Gasteiger partial charge in [0.25, 0.3) is 0 Å². The van der Waals surface area contributed by atoms with Gasteiger partial charge in [-0.3, -0.25) is 24.1 Å². The Hall–Kier alpha value is -2.96. The summed E-state index contributed by atoms with van der Waals surface area (Å²) in [5, 5.41) is 2.80. The monoisotopic (exact) mass is 383 g/mol. The minimum absolute atomic E-state index is 0.156. The highest BCUT2D eigenvalue weighted by Gasteiger charge is 2.47. The lowest BCUT2D eigenvalue weighted by Gasteiger charge is -2.21. The molecule has 1 aromatic rings. The average molecular weight is 383 g/mol. The summed E-state index contributed by atoms with van der Waals surface area (Å²) in [5.41, 5.74) is 2.65. The van der Waals surface area contributed by atoms with E-state index in [2.05, 4.69) is 5.32 Å². The Morgan fingerprint density at radius 2 is 1.71 bits per heavy atom. The predicted molar refractivity (Wildman–Crippen MR) is 104 cm³/mol. The Morgan fingerprint density at radius 1 is 1.11 bits per heavy atom. The fraction of sp³-hybridized carbons (Fsp3) is 0.429. The first-order valence-corrected chi connectivity index (χ1v) is 9.39. The number of hydrogen-bond donors (Lipinski definition) is 1. The summed E-state index contributed by atoms with van der Waals surface area (Å²) in [5.74, 6) is -2.07. The first-order chi connectivity index (χ1) is 13.3. The van der Waals surface area contributed by atoms with E-state index in [0.717, 1.165) is 16.0 Å². The molecule has 1 heterocycles. The molecule has 0 spiro atoms. The van der Waals surface area contributed by atoms with Crippen molar-refractivity contribution in [1.82, 2.24) is 9.80 Å². The van der Waals surface area contributed by atoms with Crippen molar-refractivity contribution in [1.29, 1.82) is 0 Å². The third-order valence-corrected chi connectivity index (χ3v) is 5.37. The van der Waals surface area contributed by atoms with Crippen LogP contribution in [-0.4, -0.2) is 53.6 Å². The maximum Gasteiger partial charge on any atom is 0.243 e. The normalized spacial score (nSPS) is 20.9. The fourth-order valence-electron chi connectivity index (χ4n) is 3.64. The molecule has 0 unspecified atom stereocenters. The molecular formula is C21H25N3O4. The number of allylic oxidation sites excluding steroid dienone is 2. The van der Waals surface area contributed by atoms with E-state index in [0.29, 0.717) is 18.5 Å². The van der Waals surface area contributed by atoms with Crippen molar-refractivity contribution >= 4 is 29.3 Å². The molecule has 28 heavy (non-hydrogen) atoms. The Balaban J connectivity index is 1.57.